The Morgan fingerprint density at radius 2 is 2.28 bits per heavy atom. The van der Waals surface area contributed by atoms with Crippen molar-refractivity contribution >= 4 is 62.0 Å². The van der Waals surface area contributed by atoms with Gasteiger partial charge in [-0.1, -0.05) is 5.16 Å². The molecule has 0 saturated heterocycles. The average molecular weight is 393 g/mol. The van der Waals surface area contributed by atoms with Gasteiger partial charge in [0.1, 0.15) is 11.4 Å². The summed E-state index contributed by atoms with van der Waals surface area (Å²) in [5, 5.41) is 18.4. The number of oxime groups is 1. The van der Waals surface area contributed by atoms with Gasteiger partial charge in [0.2, 0.25) is 0 Å². The molecule has 2 heterocycles. The summed E-state index contributed by atoms with van der Waals surface area (Å²) < 4.78 is 1.06. The number of hydrogen-bond acceptors (Lipinski definition) is 6. The summed E-state index contributed by atoms with van der Waals surface area (Å²) in [7, 11) is 0. The van der Waals surface area contributed by atoms with Crippen LogP contribution in [0.3, 0.4) is 0 Å². The highest BCUT2D eigenvalue weighted by atomic mass is 127. The van der Waals surface area contributed by atoms with Crippen LogP contribution < -0.4 is 5.32 Å². The lowest BCUT2D eigenvalue weighted by atomic mass is 10.3. The van der Waals surface area contributed by atoms with Crippen molar-refractivity contribution in [1.29, 1.82) is 0 Å². The molecular weight excluding hydrogens is 385 g/mol. The molecule has 0 fully saturated rings. The smallest absolute Gasteiger partial charge is 0.258 e. The molecule has 0 radical (unpaired) electrons. The Labute approximate surface area is 125 Å². The number of carbonyl (C=O) groups is 1. The van der Waals surface area contributed by atoms with Gasteiger partial charge in [-0.05, 0) is 35.6 Å². The highest BCUT2D eigenvalue weighted by molar-refractivity contribution is 14.1. The van der Waals surface area contributed by atoms with Crippen LogP contribution in [0.25, 0.3) is 0 Å². The molecule has 2 aromatic rings. The van der Waals surface area contributed by atoms with Gasteiger partial charge in [-0.3, -0.25) is 10.1 Å². The molecule has 0 aromatic carbocycles. The molecule has 5 nitrogen and oxygen atoms in total. The molecule has 18 heavy (non-hydrogen) atoms. The first kappa shape index (κ1) is 13.4. The number of nitrogens with one attached hydrogen (secondary N) is 1. The Kier molecular flexibility index (Phi) is 4.30. The van der Waals surface area contributed by atoms with Gasteiger partial charge >= 0.3 is 0 Å². The van der Waals surface area contributed by atoms with E-state index in [1.54, 1.807) is 17.7 Å². The number of thiazole rings is 1. The van der Waals surface area contributed by atoms with Crippen LogP contribution in [0, 0.1) is 2.88 Å². The molecule has 0 saturated carbocycles. The molecule has 2 rings (SSSR count). The van der Waals surface area contributed by atoms with Gasteiger partial charge in [0, 0.05) is 10.8 Å². The minimum absolute atomic E-state index is 0.186. The fourth-order valence-corrected chi connectivity index (χ4v) is 3.22. The fraction of sp³-hybridized carbons (Fsp3) is 0.100. The SMILES string of the molecule is CC(=NO)c1csc(NC(=O)c2csc(I)c2)n1. The van der Waals surface area contributed by atoms with Gasteiger partial charge in [-0.25, -0.2) is 4.98 Å². The van der Waals surface area contributed by atoms with Crippen LogP contribution in [-0.2, 0) is 0 Å². The van der Waals surface area contributed by atoms with E-state index in [-0.39, 0.29) is 5.91 Å². The van der Waals surface area contributed by atoms with E-state index in [1.807, 2.05) is 6.07 Å². The van der Waals surface area contributed by atoms with Crippen molar-refractivity contribution in [2.24, 2.45) is 5.16 Å². The van der Waals surface area contributed by atoms with Gasteiger partial charge < -0.3 is 5.21 Å². The standard InChI is InChI=1S/C10H8IN3O2S2/c1-5(14-16)7-4-18-10(12-7)13-9(15)6-2-8(11)17-3-6/h2-4,16H,1H3,(H,12,13,15). The van der Waals surface area contributed by atoms with Crippen molar-refractivity contribution < 1.29 is 10.0 Å². The van der Waals surface area contributed by atoms with Crippen LogP contribution >= 0.6 is 45.3 Å². The monoisotopic (exact) mass is 393 g/mol. The highest BCUT2D eigenvalue weighted by Gasteiger charge is 2.11. The van der Waals surface area contributed by atoms with Crippen LogP contribution in [0.2, 0.25) is 0 Å². The maximum Gasteiger partial charge on any atom is 0.258 e. The molecule has 0 spiro atoms. The van der Waals surface area contributed by atoms with Gasteiger partial charge in [0.05, 0.1) is 8.45 Å². The van der Waals surface area contributed by atoms with Crippen LogP contribution in [0.1, 0.15) is 23.0 Å². The predicted octanol–water partition coefficient (Wildman–Crippen LogP) is 3.26. The molecular formula is C10H8IN3O2S2. The third-order valence-electron chi connectivity index (χ3n) is 2.07. The van der Waals surface area contributed by atoms with Crippen LogP contribution in [-0.4, -0.2) is 21.8 Å². The second-order valence-electron chi connectivity index (χ2n) is 3.32. The van der Waals surface area contributed by atoms with E-state index >= 15 is 0 Å². The van der Waals surface area contributed by atoms with Crippen molar-refractivity contribution in [3.05, 3.63) is 31.0 Å². The number of anilines is 1. The summed E-state index contributed by atoms with van der Waals surface area (Å²) in [6, 6.07) is 1.81. The van der Waals surface area contributed by atoms with Crippen LogP contribution in [0.4, 0.5) is 5.13 Å². The normalized spacial score (nSPS) is 11.6. The molecule has 1 amide bonds. The Morgan fingerprint density at radius 1 is 1.50 bits per heavy atom. The largest absolute Gasteiger partial charge is 0.411 e. The second-order valence-corrected chi connectivity index (χ2v) is 6.98. The lowest BCUT2D eigenvalue weighted by Gasteiger charge is -1.97. The predicted molar refractivity (Wildman–Crippen MR) is 81.1 cm³/mol. The van der Waals surface area contributed by atoms with Crippen molar-refractivity contribution in [2.75, 3.05) is 5.32 Å². The van der Waals surface area contributed by atoms with E-state index in [2.05, 4.69) is 38.0 Å². The van der Waals surface area contributed by atoms with E-state index in [1.165, 1.54) is 22.7 Å². The summed E-state index contributed by atoms with van der Waals surface area (Å²) in [6.07, 6.45) is 0. The molecule has 94 valence electrons. The first-order valence-corrected chi connectivity index (χ1v) is 7.64. The Bertz CT molecular complexity index is 606. The zero-order valence-corrected chi connectivity index (χ0v) is 13.0. The average Bonchev–Trinajstić information content (AvgIpc) is 2.97. The van der Waals surface area contributed by atoms with Crippen molar-refractivity contribution in [3.63, 3.8) is 0 Å². The fourth-order valence-electron chi connectivity index (χ4n) is 1.15. The minimum atomic E-state index is -0.186. The van der Waals surface area contributed by atoms with Crippen LogP contribution in [0.15, 0.2) is 22.0 Å². The number of rotatable bonds is 3. The maximum absolute atomic E-state index is 11.9. The van der Waals surface area contributed by atoms with E-state index in [0.717, 1.165) is 2.88 Å². The topological polar surface area (TPSA) is 74.6 Å². The number of carbonyl (C=O) groups excluding carboxylic acids is 1. The number of hydrogen-bond donors (Lipinski definition) is 2. The molecule has 0 atom stereocenters. The third-order valence-corrected chi connectivity index (χ3v) is 4.62. The van der Waals surface area contributed by atoms with Gasteiger partial charge in [-0.2, -0.15) is 0 Å². The Morgan fingerprint density at radius 3 is 2.89 bits per heavy atom. The molecule has 0 aliphatic heterocycles. The zero-order valence-electron chi connectivity index (χ0n) is 9.18. The lowest BCUT2D eigenvalue weighted by molar-refractivity contribution is 0.102. The highest BCUT2D eigenvalue weighted by Crippen LogP contribution is 2.20. The molecule has 0 unspecified atom stereocenters. The number of halogens is 1. The molecule has 2 N–H and O–H groups in total. The van der Waals surface area contributed by atoms with E-state index in [4.69, 9.17) is 5.21 Å². The quantitative estimate of drug-likeness (QED) is 0.364. The van der Waals surface area contributed by atoms with Crippen molar-refractivity contribution in [3.8, 4) is 0 Å². The molecule has 0 bridgehead atoms. The number of nitrogens with zero attached hydrogens (tertiary/aromatic N) is 2. The number of thiophene rings is 1. The molecule has 8 heteroatoms. The number of aromatic nitrogens is 1. The number of amides is 1. The Balaban J connectivity index is 2.10. The molecule has 0 aliphatic rings. The minimum Gasteiger partial charge on any atom is -0.411 e. The maximum atomic E-state index is 11.9. The Hall–Kier alpha value is -1.00. The van der Waals surface area contributed by atoms with Gasteiger partial charge in [-0.15, -0.1) is 22.7 Å². The van der Waals surface area contributed by atoms with Crippen molar-refractivity contribution in [2.45, 2.75) is 6.92 Å². The van der Waals surface area contributed by atoms with Crippen LogP contribution in [0.5, 0.6) is 0 Å². The van der Waals surface area contributed by atoms with Gasteiger partial charge in [0.25, 0.3) is 5.91 Å². The van der Waals surface area contributed by atoms with E-state index in [0.29, 0.717) is 22.1 Å². The first-order chi connectivity index (χ1) is 8.60. The van der Waals surface area contributed by atoms with Crippen molar-refractivity contribution in [1.82, 2.24) is 4.98 Å². The van der Waals surface area contributed by atoms with E-state index in [9.17, 15) is 4.79 Å². The summed E-state index contributed by atoms with van der Waals surface area (Å²) in [4.78, 5) is 16.0. The summed E-state index contributed by atoms with van der Waals surface area (Å²) >= 11 is 4.97. The summed E-state index contributed by atoms with van der Waals surface area (Å²) in [5.41, 5.74) is 1.59. The lowest BCUT2D eigenvalue weighted by Crippen LogP contribution is -2.10. The first-order valence-electron chi connectivity index (χ1n) is 4.80. The molecule has 0 aliphatic carbocycles. The summed E-state index contributed by atoms with van der Waals surface area (Å²) in [6.45, 7) is 1.64. The third kappa shape index (κ3) is 3.06. The van der Waals surface area contributed by atoms with E-state index < -0.39 is 0 Å². The second kappa shape index (κ2) is 5.76. The molecule has 2 aromatic heterocycles. The summed E-state index contributed by atoms with van der Waals surface area (Å²) in [5.74, 6) is -0.186. The zero-order chi connectivity index (χ0) is 13.1. The van der Waals surface area contributed by atoms with Gasteiger partial charge in [0.15, 0.2) is 5.13 Å².